The average Bonchev–Trinajstić information content (AvgIpc) is 3.32. The summed E-state index contributed by atoms with van der Waals surface area (Å²) >= 11 is 1.29. The van der Waals surface area contributed by atoms with Crippen LogP contribution in [0, 0.1) is 10.1 Å². The number of carbonyl (C=O) groups is 1. The Morgan fingerprint density at radius 1 is 1.41 bits per heavy atom. The molecule has 11 heteroatoms. The summed E-state index contributed by atoms with van der Waals surface area (Å²) in [5.74, 6) is -1.22. The molecule has 0 aliphatic heterocycles. The maximum Gasteiger partial charge on any atom is 0.433 e. The van der Waals surface area contributed by atoms with E-state index in [9.17, 15) is 20.0 Å². The van der Waals surface area contributed by atoms with Crippen LogP contribution in [0.5, 0.6) is 5.75 Å². The molecule has 0 spiro atoms. The first-order valence-electron chi connectivity index (χ1n) is 8.14. The number of amides is 1. The Kier molecular flexibility index (Phi) is 5.69. The van der Waals surface area contributed by atoms with Gasteiger partial charge in [0.15, 0.2) is 5.76 Å². The van der Waals surface area contributed by atoms with Gasteiger partial charge in [-0.05, 0) is 24.3 Å². The number of nitrogens with zero attached hydrogens (tertiary/aromatic N) is 4. The van der Waals surface area contributed by atoms with E-state index in [0.29, 0.717) is 22.6 Å². The lowest BCUT2D eigenvalue weighted by atomic mass is 10.1. The number of carbonyl (C=O) groups excluding carboxylic acids is 1. The molecule has 0 unspecified atom stereocenters. The first-order chi connectivity index (χ1) is 13.9. The summed E-state index contributed by atoms with van der Waals surface area (Å²) in [6.07, 6.45) is 2.93. The fraction of sp³-hybridized carbons (Fsp3) is 0.0556. The van der Waals surface area contributed by atoms with Gasteiger partial charge >= 0.3 is 5.88 Å². The van der Waals surface area contributed by atoms with Crippen molar-refractivity contribution in [1.82, 2.24) is 4.68 Å². The lowest BCUT2D eigenvalue weighted by Gasteiger charge is -2.06. The van der Waals surface area contributed by atoms with Crippen LogP contribution in [0.1, 0.15) is 16.1 Å². The largest absolute Gasteiger partial charge is 0.507 e. The van der Waals surface area contributed by atoms with Crippen LogP contribution in [-0.4, -0.2) is 33.4 Å². The topological polar surface area (TPSA) is 149 Å². The van der Waals surface area contributed by atoms with Crippen LogP contribution < -0.4 is 10.5 Å². The fourth-order valence-corrected chi connectivity index (χ4v) is 3.22. The van der Waals surface area contributed by atoms with Crippen LogP contribution in [0.4, 0.5) is 5.88 Å². The summed E-state index contributed by atoms with van der Waals surface area (Å²) < 4.78 is 6.56. The van der Waals surface area contributed by atoms with Gasteiger partial charge in [-0.25, -0.2) is 4.68 Å². The number of aromatic nitrogens is 1. The van der Waals surface area contributed by atoms with E-state index >= 15 is 0 Å². The van der Waals surface area contributed by atoms with Gasteiger partial charge in [-0.3, -0.25) is 19.9 Å². The van der Waals surface area contributed by atoms with Crippen molar-refractivity contribution in [2.75, 3.05) is 6.54 Å². The highest BCUT2D eigenvalue weighted by Crippen LogP contribution is 2.26. The minimum atomic E-state index is -0.769. The van der Waals surface area contributed by atoms with Crippen molar-refractivity contribution in [2.24, 2.45) is 15.8 Å². The predicted octanol–water partition coefficient (Wildman–Crippen LogP) is 2.49. The van der Waals surface area contributed by atoms with Gasteiger partial charge < -0.3 is 15.3 Å². The van der Waals surface area contributed by atoms with Gasteiger partial charge in [-0.2, -0.15) is 5.10 Å². The lowest BCUT2D eigenvalue weighted by molar-refractivity contribution is -0.402. The maximum absolute atomic E-state index is 11.5. The molecule has 0 aliphatic rings. The number of benzene rings is 1. The van der Waals surface area contributed by atoms with Crippen molar-refractivity contribution < 1.29 is 19.2 Å². The van der Waals surface area contributed by atoms with Gasteiger partial charge in [0.1, 0.15) is 10.7 Å². The molecule has 0 aliphatic carbocycles. The Morgan fingerprint density at radius 3 is 2.86 bits per heavy atom. The minimum Gasteiger partial charge on any atom is -0.507 e. The maximum atomic E-state index is 11.5. The molecule has 3 N–H and O–H groups in total. The second kappa shape index (κ2) is 8.35. The van der Waals surface area contributed by atoms with Crippen LogP contribution in [0.3, 0.4) is 0 Å². The highest BCUT2D eigenvalue weighted by Gasteiger charge is 2.14. The molecule has 2 aromatic heterocycles. The van der Waals surface area contributed by atoms with Crippen LogP contribution >= 0.6 is 11.3 Å². The molecule has 3 aromatic rings. The highest BCUT2D eigenvalue weighted by atomic mass is 32.1. The molecular formula is C18H15N5O5S. The Bertz CT molecular complexity index is 1190. The summed E-state index contributed by atoms with van der Waals surface area (Å²) in [6, 6.07) is 7.05. The van der Waals surface area contributed by atoms with E-state index in [4.69, 9.17) is 10.2 Å². The number of aromatic hydroxyl groups is 1. The summed E-state index contributed by atoms with van der Waals surface area (Å²) in [5.41, 5.74) is 6.40. The molecule has 1 aromatic carbocycles. The quantitative estimate of drug-likeness (QED) is 0.264. The summed E-state index contributed by atoms with van der Waals surface area (Å²) in [7, 11) is 0. The van der Waals surface area contributed by atoms with Crippen molar-refractivity contribution >= 4 is 29.3 Å². The molecule has 0 saturated heterocycles. The Morgan fingerprint density at radius 2 is 2.21 bits per heavy atom. The number of nitrogens with two attached hydrogens (primary N) is 1. The molecule has 3 rings (SSSR count). The van der Waals surface area contributed by atoms with Crippen LogP contribution in [0.25, 0.3) is 11.3 Å². The van der Waals surface area contributed by atoms with Gasteiger partial charge in [0.25, 0.3) is 5.91 Å². The van der Waals surface area contributed by atoms with Gasteiger partial charge in [0, 0.05) is 10.9 Å². The second-order valence-corrected chi connectivity index (χ2v) is 6.46. The number of hydrogen-bond donors (Lipinski definition) is 2. The standard InChI is InChI=1S/C18H15N5O5S/c1-2-7-20-18-22(21-9-12-4-6-16(28-12)23(26)27)14(10-29-18)11-3-5-15(24)13(8-11)17(19)25/h2-6,8-10,24H,1,7H2,(H2,19,25)/b20-18?,21-9-. The summed E-state index contributed by atoms with van der Waals surface area (Å²) in [4.78, 5) is 26.5. The van der Waals surface area contributed by atoms with E-state index in [1.54, 1.807) is 17.5 Å². The molecule has 0 radical (unpaired) electrons. The van der Waals surface area contributed by atoms with Crippen molar-refractivity contribution in [2.45, 2.75) is 0 Å². The minimum absolute atomic E-state index is 0.0320. The number of phenols is 1. The SMILES string of the molecule is C=CCN=c1scc(-c2ccc(O)c(C(N)=O)c2)n1/N=C\c1ccc([N+](=O)[O-])o1. The van der Waals surface area contributed by atoms with Gasteiger partial charge in [-0.1, -0.05) is 6.08 Å². The zero-order valence-electron chi connectivity index (χ0n) is 14.9. The van der Waals surface area contributed by atoms with Gasteiger partial charge in [0.05, 0.1) is 30.1 Å². The highest BCUT2D eigenvalue weighted by molar-refractivity contribution is 7.07. The normalized spacial score (nSPS) is 11.8. The second-order valence-electron chi connectivity index (χ2n) is 5.62. The molecule has 10 nitrogen and oxygen atoms in total. The predicted molar refractivity (Wildman–Crippen MR) is 107 cm³/mol. The van der Waals surface area contributed by atoms with Crippen LogP contribution in [0.2, 0.25) is 0 Å². The third-order valence-corrected chi connectivity index (χ3v) is 4.55. The Labute approximate surface area is 167 Å². The zero-order valence-corrected chi connectivity index (χ0v) is 15.7. The molecule has 1 amide bonds. The van der Waals surface area contributed by atoms with E-state index < -0.39 is 16.7 Å². The average molecular weight is 413 g/mol. The molecular weight excluding hydrogens is 398 g/mol. The van der Waals surface area contributed by atoms with Gasteiger partial charge in [-0.15, -0.1) is 17.9 Å². The molecule has 29 heavy (non-hydrogen) atoms. The van der Waals surface area contributed by atoms with E-state index in [1.165, 1.54) is 46.5 Å². The van der Waals surface area contributed by atoms with Gasteiger partial charge in [0.2, 0.25) is 4.80 Å². The number of primary amides is 1. The number of nitro groups is 1. The molecule has 0 saturated carbocycles. The molecule has 0 atom stereocenters. The number of hydrogen-bond acceptors (Lipinski definition) is 8. The van der Waals surface area contributed by atoms with Crippen molar-refractivity contribution in [3.05, 3.63) is 74.6 Å². The number of furan rings is 1. The zero-order chi connectivity index (χ0) is 21.0. The number of rotatable bonds is 7. The smallest absolute Gasteiger partial charge is 0.433 e. The molecule has 0 fully saturated rings. The van der Waals surface area contributed by atoms with E-state index in [0.717, 1.165) is 0 Å². The summed E-state index contributed by atoms with van der Waals surface area (Å²) in [5, 5.41) is 26.6. The number of thiazole rings is 1. The first-order valence-corrected chi connectivity index (χ1v) is 9.02. The molecule has 148 valence electrons. The summed E-state index contributed by atoms with van der Waals surface area (Å²) in [6.45, 7) is 3.98. The first kappa shape index (κ1) is 19.8. The van der Waals surface area contributed by atoms with E-state index in [1.807, 2.05) is 0 Å². The Balaban J connectivity index is 2.09. The van der Waals surface area contributed by atoms with Crippen LogP contribution in [0.15, 0.2) is 62.9 Å². The van der Waals surface area contributed by atoms with Crippen molar-refractivity contribution in [3.8, 4) is 17.0 Å². The third kappa shape index (κ3) is 4.30. The van der Waals surface area contributed by atoms with E-state index in [2.05, 4.69) is 16.7 Å². The fourth-order valence-electron chi connectivity index (χ4n) is 2.38. The van der Waals surface area contributed by atoms with Crippen LogP contribution in [-0.2, 0) is 0 Å². The third-order valence-electron chi connectivity index (χ3n) is 3.69. The monoisotopic (exact) mass is 413 g/mol. The van der Waals surface area contributed by atoms with E-state index in [-0.39, 0.29) is 17.1 Å². The molecule has 0 bridgehead atoms. The van der Waals surface area contributed by atoms with Crippen molar-refractivity contribution in [1.29, 1.82) is 0 Å². The Hall–Kier alpha value is -3.99. The van der Waals surface area contributed by atoms with Crippen molar-refractivity contribution in [3.63, 3.8) is 0 Å². The lowest BCUT2D eigenvalue weighted by Crippen LogP contribution is -2.13. The molecule has 2 heterocycles.